The topological polar surface area (TPSA) is 154 Å². The van der Waals surface area contributed by atoms with Crippen LogP contribution in [0.1, 0.15) is 16.7 Å². The standard InChI is InChI=1S/C26H30N6O3/c27-25(28)19-5-1-17(2-6-19)22-15-21(16-23(33)31-9-10-32-11-13-34-14-12-32)24(35-22)18-3-7-20(8-4-18)26(29)30/h1-8,15H,9-14,16H2,(H3,27,28)(H3,29,30)(H,31,33). The molecule has 1 aliphatic heterocycles. The molecule has 3 aromatic rings. The molecule has 0 radical (unpaired) electrons. The summed E-state index contributed by atoms with van der Waals surface area (Å²) >= 11 is 0. The number of benzene rings is 2. The fourth-order valence-electron chi connectivity index (χ4n) is 3.98. The molecule has 35 heavy (non-hydrogen) atoms. The third-order valence-electron chi connectivity index (χ3n) is 5.95. The second-order valence-electron chi connectivity index (χ2n) is 8.43. The average Bonchev–Trinajstić information content (AvgIpc) is 3.28. The van der Waals surface area contributed by atoms with Crippen LogP contribution in [-0.4, -0.2) is 61.9 Å². The van der Waals surface area contributed by atoms with Crippen molar-refractivity contribution in [3.05, 3.63) is 71.3 Å². The number of furan rings is 1. The van der Waals surface area contributed by atoms with Crippen LogP contribution in [0, 0.1) is 10.8 Å². The van der Waals surface area contributed by atoms with Crippen molar-refractivity contribution >= 4 is 17.6 Å². The summed E-state index contributed by atoms with van der Waals surface area (Å²) < 4.78 is 11.6. The van der Waals surface area contributed by atoms with Gasteiger partial charge in [0.25, 0.3) is 0 Å². The maximum absolute atomic E-state index is 12.8. The lowest BCUT2D eigenvalue weighted by atomic mass is 10.0. The predicted molar refractivity (Wildman–Crippen MR) is 136 cm³/mol. The molecule has 2 heterocycles. The Balaban J connectivity index is 1.54. The van der Waals surface area contributed by atoms with Gasteiger partial charge in [-0.05, 0) is 6.07 Å². The normalized spacial score (nSPS) is 13.9. The van der Waals surface area contributed by atoms with Crippen LogP contribution in [0.15, 0.2) is 59.0 Å². The van der Waals surface area contributed by atoms with E-state index in [1.807, 2.05) is 30.3 Å². The predicted octanol–water partition coefficient (Wildman–Crippen LogP) is 2.17. The average molecular weight is 475 g/mol. The number of nitrogen functional groups attached to an aromatic ring is 2. The zero-order valence-electron chi connectivity index (χ0n) is 19.5. The van der Waals surface area contributed by atoms with Crippen molar-refractivity contribution in [2.75, 3.05) is 39.4 Å². The lowest BCUT2D eigenvalue weighted by Crippen LogP contribution is -2.41. The van der Waals surface area contributed by atoms with Crippen LogP contribution in [0.25, 0.3) is 22.6 Å². The molecule has 1 saturated heterocycles. The van der Waals surface area contributed by atoms with Crippen LogP contribution in [-0.2, 0) is 16.0 Å². The van der Waals surface area contributed by atoms with Crippen molar-refractivity contribution in [1.82, 2.24) is 10.2 Å². The summed E-state index contributed by atoms with van der Waals surface area (Å²) in [6.45, 7) is 4.57. The van der Waals surface area contributed by atoms with E-state index in [4.69, 9.17) is 31.4 Å². The number of carbonyl (C=O) groups excluding carboxylic acids is 1. The van der Waals surface area contributed by atoms with Gasteiger partial charge in [0.15, 0.2) is 0 Å². The van der Waals surface area contributed by atoms with Gasteiger partial charge in [0.1, 0.15) is 23.2 Å². The van der Waals surface area contributed by atoms with Crippen molar-refractivity contribution in [3.63, 3.8) is 0 Å². The number of carbonyl (C=O) groups is 1. The highest BCUT2D eigenvalue weighted by Gasteiger charge is 2.18. The third-order valence-corrected chi connectivity index (χ3v) is 5.95. The van der Waals surface area contributed by atoms with Gasteiger partial charge in [0.2, 0.25) is 5.91 Å². The van der Waals surface area contributed by atoms with Gasteiger partial charge < -0.3 is 25.9 Å². The Kier molecular flexibility index (Phi) is 7.59. The first-order valence-electron chi connectivity index (χ1n) is 11.5. The Morgan fingerprint density at radius 3 is 2.06 bits per heavy atom. The van der Waals surface area contributed by atoms with Gasteiger partial charge in [-0.2, -0.15) is 0 Å². The van der Waals surface area contributed by atoms with Crippen molar-refractivity contribution in [2.24, 2.45) is 11.5 Å². The molecule has 0 saturated carbocycles. The Labute approximate surface area is 204 Å². The van der Waals surface area contributed by atoms with E-state index in [0.29, 0.717) is 29.2 Å². The highest BCUT2D eigenvalue weighted by Crippen LogP contribution is 2.33. The van der Waals surface area contributed by atoms with Gasteiger partial charge in [0, 0.05) is 54.0 Å². The molecule has 0 aliphatic carbocycles. The van der Waals surface area contributed by atoms with E-state index in [9.17, 15) is 4.79 Å². The Hall–Kier alpha value is -3.95. The molecule has 1 amide bonds. The third kappa shape index (κ3) is 6.14. The van der Waals surface area contributed by atoms with Crippen LogP contribution >= 0.6 is 0 Å². The van der Waals surface area contributed by atoms with Crippen molar-refractivity contribution < 1.29 is 13.9 Å². The Morgan fingerprint density at radius 2 is 1.49 bits per heavy atom. The minimum atomic E-state index is -0.0841. The number of nitrogens with one attached hydrogen (secondary N) is 3. The summed E-state index contributed by atoms with van der Waals surface area (Å²) in [5.74, 6) is 1.11. The first-order chi connectivity index (χ1) is 16.9. The molecule has 1 aromatic heterocycles. The number of rotatable bonds is 9. The number of hydrogen-bond donors (Lipinski definition) is 5. The molecule has 0 bridgehead atoms. The Bertz CT molecular complexity index is 1190. The van der Waals surface area contributed by atoms with Gasteiger partial charge in [0.05, 0.1) is 19.6 Å². The molecule has 9 nitrogen and oxygen atoms in total. The van der Waals surface area contributed by atoms with Gasteiger partial charge in [-0.1, -0.05) is 48.5 Å². The molecule has 182 valence electrons. The zero-order chi connectivity index (χ0) is 24.8. The van der Waals surface area contributed by atoms with Crippen LogP contribution in [0.3, 0.4) is 0 Å². The lowest BCUT2D eigenvalue weighted by molar-refractivity contribution is -0.120. The number of ether oxygens (including phenoxy) is 1. The fraction of sp³-hybridized carbons (Fsp3) is 0.269. The van der Waals surface area contributed by atoms with Gasteiger partial charge in [-0.15, -0.1) is 0 Å². The van der Waals surface area contributed by atoms with Crippen molar-refractivity contribution in [1.29, 1.82) is 10.8 Å². The molecular weight excluding hydrogens is 444 g/mol. The number of amidine groups is 2. The summed E-state index contributed by atoms with van der Waals surface area (Å²) in [5.41, 5.74) is 14.8. The molecule has 0 atom stereocenters. The zero-order valence-corrected chi connectivity index (χ0v) is 19.5. The largest absolute Gasteiger partial charge is 0.456 e. The molecule has 9 heteroatoms. The van der Waals surface area contributed by atoms with E-state index in [0.717, 1.165) is 49.5 Å². The van der Waals surface area contributed by atoms with Gasteiger partial charge in [-0.3, -0.25) is 20.5 Å². The molecule has 1 fully saturated rings. The highest BCUT2D eigenvalue weighted by atomic mass is 16.5. The number of amides is 1. The molecule has 0 unspecified atom stereocenters. The van der Waals surface area contributed by atoms with E-state index in [1.165, 1.54) is 0 Å². The molecule has 1 aliphatic rings. The summed E-state index contributed by atoms with van der Waals surface area (Å²) in [4.78, 5) is 15.0. The second-order valence-corrected chi connectivity index (χ2v) is 8.43. The van der Waals surface area contributed by atoms with Gasteiger partial charge >= 0.3 is 0 Å². The molecule has 4 rings (SSSR count). The van der Waals surface area contributed by atoms with E-state index < -0.39 is 0 Å². The molecule has 7 N–H and O–H groups in total. The summed E-state index contributed by atoms with van der Waals surface area (Å²) in [7, 11) is 0. The Morgan fingerprint density at radius 1 is 0.914 bits per heavy atom. The summed E-state index contributed by atoms with van der Waals surface area (Å²) in [6, 6.07) is 16.3. The van der Waals surface area contributed by atoms with Crippen molar-refractivity contribution in [3.8, 4) is 22.6 Å². The molecule has 0 spiro atoms. The van der Waals surface area contributed by atoms with Crippen LogP contribution < -0.4 is 16.8 Å². The molecular formula is C26H30N6O3. The molecule has 2 aromatic carbocycles. The second kappa shape index (κ2) is 11.0. The number of hydrogen-bond acceptors (Lipinski definition) is 6. The smallest absolute Gasteiger partial charge is 0.224 e. The minimum Gasteiger partial charge on any atom is -0.456 e. The van der Waals surface area contributed by atoms with E-state index >= 15 is 0 Å². The summed E-state index contributed by atoms with van der Waals surface area (Å²) in [5, 5.41) is 18.2. The van der Waals surface area contributed by atoms with Crippen LogP contribution in [0.5, 0.6) is 0 Å². The highest BCUT2D eigenvalue weighted by molar-refractivity contribution is 5.96. The van der Waals surface area contributed by atoms with E-state index in [-0.39, 0.29) is 24.0 Å². The monoisotopic (exact) mass is 474 g/mol. The maximum atomic E-state index is 12.8. The van der Waals surface area contributed by atoms with E-state index in [2.05, 4.69) is 10.2 Å². The van der Waals surface area contributed by atoms with E-state index in [1.54, 1.807) is 24.3 Å². The lowest BCUT2D eigenvalue weighted by Gasteiger charge is -2.26. The number of morpholine rings is 1. The van der Waals surface area contributed by atoms with Crippen LogP contribution in [0.4, 0.5) is 0 Å². The van der Waals surface area contributed by atoms with Gasteiger partial charge in [-0.25, -0.2) is 0 Å². The quantitative estimate of drug-likeness (QED) is 0.236. The summed E-state index contributed by atoms with van der Waals surface area (Å²) in [6.07, 6.45) is 0.169. The van der Waals surface area contributed by atoms with Crippen molar-refractivity contribution in [2.45, 2.75) is 6.42 Å². The number of nitrogens with two attached hydrogens (primary N) is 2. The SMILES string of the molecule is N=C(N)c1ccc(-c2cc(CC(=O)NCCN3CCOCC3)c(-c3ccc(C(=N)N)cc3)o2)cc1. The maximum Gasteiger partial charge on any atom is 0.224 e. The fourth-order valence-corrected chi connectivity index (χ4v) is 3.98. The number of nitrogens with zero attached hydrogens (tertiary/aromatic N) is 1. The first kappa shape index (κ1) is 24.2. The van der Waals surface area contributed by atoms with Crippen LogP contribution in [0.2, 0.25) is 0 Å². The first-order valence-corrected chi connectivity index (χ1v) is 11.5. The minimum absolute atomic E-state index is 0.00307.